The van der Waals surface area contributed by atoms with E-state index in [4.69, 9.17) is 0 Å². The molecule has 2 aliphatic carbocycles. The molecule has 2 heterocycles. The lowest BCUT2D eigenvalue weighted by atomic mass is 9.68. The van der Waals surface area contributed by atoms with Crippen molar-refractivity contribution in [3.8, 4) is 39.1 Å². The topological polar surface area (TPSA) is 8.17 Å². The maximum atomic E-state index is 2.58. The summed E-state index contributed by atoms with van der Waals surface area (Å²) in [6.07, 6.45) is 10.2. The fourth-order valence-electron chi connectivity index (χ4n) is 12.0. The van der Waals surface area contributed by atoms with Crippen LogP contribution in [0.1, 0.15) is 53.7 Å². The van der Waals surface area contributed by atoms with Gasteiger partial charge in [0, 0.05) is 39.4 Å². The molecule has 11 aromatic rings. The summed E-state index contributed by atoms with van der Waals surface area (Å²) in [5, 5.41) is 7.76. The Balaban J connectivity index is 0.871. The quantitative estimate of drug-likeness (QED) is 0.145. The highest BCUT2D eigenvalue weighted by Crippen LogP contribution is 2.54. The maximum Gasteiger partial charge on any atom is 0.0541 e. The second-order valence-corrected chi connectivity index (χ2v) is 19.2. The highest BCUT2D eigenvalue weighted by Gasteiger charge is 2.37. The molecule has 1 aromatic heterocycles. The van der Waals surface area contributed by atoms with Gasteiger partial charge in [0.2, 0.25) is 0 Å². The fourth-order valence-corrected chi connectivity index (χ4v) is 12.0. The van der Waals surface area contributed by atoms with E-state index in [0.717, 1.165) is 19.3 Å². The molecule has 2 heteroatoms. The third kappa shape index (κ3) is 6.32. The molecule has 3 aliphatic rings. The average molecular weight is 869 g/mol. The van der Waals surface area contributed by atoms with Crippen LogP contribution in [0, 0.1) is 0 Å². The first kappa shape index (κ1) is 39.0. The monoisotopic (exact) mass is 868 g/mol. The molecule has 0 radical (unpaired) electrons. The maximum absolute atomic E-state index is 2.58. The number of benzene rings is 10. The smallest absolute Gasteiger partial charge is 0.0541 e. The van der Waals surface area contributed by atoms with Crippen molar-refractivity contribution in [2.75, 3.05) is 4.90 Å². The minimum absolute atomic E-state index is 0.305. The van der Waals surface area contributed by atoms with Crippen molar-refractivity contribution in [1.29, 1.82) is 0 Å². The van der Waals surface area contributed by atoms with Gasteiger partial charge < -0.3 is 9.47 Å². The first-order valence-corrected chi connectivity index (χ1v) is 24.3. The fraction of sp³-hybridized carbons (Fsp3) is 0.0909. The van der Waals surface area contributed by atoms with Crippen LogP contribution in [-0.4, -0.2) is 4.57 Å². The molecule has 0 bridgehead atoms. The van der Waals surface area contributed by atoms with Gasteiger partial charge >= 0.3 is 0 Å². The highest BCUT2D eigenvalue weighted by molar-refractivity contribution is 6.14. The summed E-state index contributed by atoms with van der Waals surface area (Å²) in [4.78, 5) is 2.58. The van der Waals surface area contributed by atoms with E-state index in [1.807, 2.05) is 0 Å². The van der Waals surface area contributed by atoms with Crippen LogP contribution in [0.3, 0.4) is 0 Å². The van der Waals surface area contributed by atoms with Gasteiger partial charge in [-0.25, -0.2) is 0 Å². The van der Waals surface area contributed by atoms with Crippen LogP contribution in [0.2, 0.25) is 0 Å². The van der Waals surface area contributed by atoms with E-state index < -0.39 is 0 Å². The van der Waals surface area contributed by atoms with Crippen LogP contribution in [-0.2, 0) is 0 Å². The van der Waals surface area contributed by atoms with Crippen LogP contribution in [0.4, 0.5) is 11.4 Å². The number of hydrogen-bond acceptors (Lipinski definition) is 1. The van der Waals surface area contributed by atoms with Crippen molar-refractivity contribution in [2.24, 2.45) is 0 Å². The van der Waals surface area contributed by atoms with Gasteiger partial charge in [0.25, 0.3) is 0 Å². The normalized spacial score (nSPS) is 17.4. The van der Waals surface area contributed by atoms with E-state index in [1.54, 1.807) is 0 Å². The van der Waals surface area contributed by atoms with Gasteiger partial charge in [-0.05, 0) is 163 Å². The van der Waals surface area contributed by atoms with Crippen molar-refractivity contribution in [2.45, 2.75) is 37.0 Å². The third-order valence-corrected chi connectivity index (χ3v) is 15.4. The number of nitrogens with zero attached hydrogens (tertiary/aromatic N) is 2. The molecule has 0 N–H and O–H groups in total. The molecule has 14 rings (SSSR count). The SMILES string of the molecule is C1=CCC2C(=C1)N(c1cc(C3CC(c4ccc(-c5cc6ccccc6c6ccccc56)cc4)C3)cc(-n3c4ccccc4c4cc(-c5ccccc5)ccc43)c1)c1ccc(-c3ccccc3)cc12. The van der Waals surface area contributed by atoms with Crippen LogP contribution < -0.4 is 4.90 Å². The molecule has 1 saturated carbocycles. The van der Waals surface area contributed by atoms with E-state index >= 15 is 0 Å². The van der Waals surface area contributed by atoms with Crippen molar-refractivity contribution >= 4 is 54.7 Å². The van der Waals surface area contributed by atoms with Gasteiger partial charge in [-0.1, -0.05) is 176 Å². The molecule has 0 spiro atoms. The Hall–Kier alpha value is -8.20. The first-order chi connectivity index (χ1) is 33.7. The second kappa shape index (κ2) is 15.7. The van der Waals surface area contributed by atoms with Crippen molar-refractivity contribution in [3.63, 3.8) is 0 Å². The predicted octanol–water partition coefficient (Wildman–Crippen LogP) is 17.8. The molecule has 0 amide bonds. The number of hydrogen-bond donors (Lipinski definition) is 0. The van der Waals surface area contributed by atoms with Crippen LogP contribution in [0.15, 0.2) is 242 Å². The number of allylic oxidation sites excluding steroid dienone is 4. The number of para-hydroxylation sites is 1. The molecular weight excluding hydrogens is 821 g/mol. The number of fused-ring (bicyclic) bond motifs is 9. The van der Waals surface area contributed by atoms with Crippen LogP contribution in [0.5, 0.6) is 0 Å². The molecule has 0 saturated heterocycles. The first-order valence-electron chi connectivity index (χ1n) is 24.3. The Morgan fingerprint density at radius 3 is 1.81 bits per heavy atom. The Kier molecular flexibility index (Phi) is 9.02. The lowest BCUT2D eigenvalue weighted by Gasteiger charge is -2.37. The molecule has 68 heavy (non-hydrogen) atoms. The van der Waals surface area contributed by atoms with Crippen LogP contribution in [0.25, 0.3) is 82.4 Å². The Morgan fingerprint density at radius 1 is 0.397 bits per heavy atom. The van der Waals surface area contributed by atoms with E-state index in [0.29, 0.717) is 17.8 Å². The van der Waals surface area contributed by atoms with Gasteiger partial charge in [-0.15, -0.1) is 0 Å². The van der Waals surface area contributed by atoms with Gasteiger partial charge in [0.1, 0.15) is 0 Å². The summed E-state index contributed by atoms with van der Waals surface area (Å²) in [5.41, 5.74) is 19.4. The zero-order valence-electron chi connectivity index (χ0n) is 37.8. The van der Waals surface area contributed by atoms with E-state index in [-0.39, 0.29) is 0 Å². The van der Waals surface area contributed by atoms with Gasteiger partial charge in [-0.2, -0.15) is 0 Å². The van der Waals surface area contributed by atoms with Crippen molar-refractivity contribution in [3.05, 3.63) is 259 Å². The molecular formula is C66H48N2. The lowest BCUT2D eigenvalue weighted by Crippen LogP contribution is -2.21. The summed E-state index contributed by atoms with van der Waals surface area (Å²) in [6.45, 7) is 0. The van der Waals surface area contributed by atoms with Crippen molar-refractivity contribution < 1.29 is 0 Å². The minimum Gasteiger partial charge on any atom is -0.313 e. The zero-order chi connectivity index (χ0) is 44.7. The summed E-state index contributed by atoms with van der Waals surface area (Å²) in [7, 11) is 0. The molecule has 10 aromatic carbocycles. The number of anilines is 2. The number of aromatic nitrogens is 1. The largest absolute Gasteiger partial charge is 0.313 e. The third-order valence-electron chi connectivity index (χ3n) is 15.4. The van der Waals surface area contributed by atoms with E-state index in [2.05, 4.69) is 246 Å². The zero-order valence-corrected chi connectivity index (χ0v) is 37.8. The molecule has 1 atom stereocenters. The number of rotatable bonds is 7. The summed E-state index contributed by atoms with van der Waals surface area (Å²) < 4.78 is 2.53. The highest BCUT2D eigenvalue weighted by atomic mass is 15.2. The Morgan fingerprint density at radius 2 is 1.01 bits per heavy atom. The van der Waals surface area contributed by atoms with E-state index in [9.17, 15) is 0 Å². The lowest BCUT2D eigenvalue weighted by molar-refractivity contribution is 0.351. The van der Waals surface area contributed by atoms with Crippen molar-refractivity contribution in [1.82, 2.24) is 4.57 Å². The van der Waals surface area contributed by atoms with Gasteiger partial charge in [-0.3, -0.25) is 0 Å². The second-order valence-electron chi connectivity index (χ2n) is 19.2. The van der Waals surface area contributed by atoms with Gasteiger partial charge in [0.05, 0.1) is 11.0 Å². The molecule has 1 unspecified atom stereocenters. The standard InChI is InChI=1S/C66H48N2/c1-3-15-43(16-4-1)47-31-33-65-61(39-47)58-23-11-13-25-63(58)67(65)53-37-52(38-54(42-53)68-64-26-14-12-24-59(64)62-40-48(32-34-66(62)68)44-17-5-2-6-18-44)51-35-50(36-51)45-27-29-46(30-28-45)60-41-49-19-7-8-20-55(49)56-21-9-10-22-57(56)60/h1-23,25-34,37-42,50-51,59H,24,35-36H2. The molecule has 322 valence electrons. The van der Waals surface area contributed by atoms with E-state index in [1.165, 1.54) is 116 Å². The molecule has 2 nitrogen and oxygen atoms in total. The summed E-state index contributed by atoms with van der Waals surface area (Å²) in [5.74, 6) is 1.26. The van der Waals surface area contributed by atoms with Crippen LogP contribution >= 0.6 is 0 Å². The predicted molar refractivity (Wildman–Crippen MR) is 286 cm³/mol. The van der Waals surface area contributed by atoms with Gasteiger partial charge in [0.15, 0.2) is 0 Å². The Labute approximate surface area is 397 Å². The Bertz CT molecular complexity index is 3830. The minimum atomic E-state index is 0.305. The average Bonchev–Trinajstić information content (AvgIpc) is 3.91. The molecule has 1 fully saturated rings. The summed E-state index contributed by atoms with van der Waals surface area (Å²) in [6, 6.07) is 81.8. The molecule has 1 aliphatic heterocycles. The summed E-state index contributed by atoms with van der Waals surface area (Å²) >= 11 is 0.